The van der Waals surface area contributed by atoms with Crippen molar-refractivity contribution in [3.8, 4) is 5.75 Å². The topological polar surface area (TPSA) is 58.6 Å². The Bertz CT molecular complexity index is 807. The van der Waals surface area contributed by atoms with Crippen molar-refractivity contribution < 1.29 is 14.3 Å². The summed E-state index contributed by atoms with van der Waals surface area (Å²) in [5, 5.41) is 3.16. The third kappa shape index (κ3) is 5.04. The minimum absolute atomic E-state index is 0.0172. The van der Waals surface area contributed by atoms with E-state index in [0.29, 0.717) is 24.1 Å². The Morgan fingerprint density at radius 2 is 1.89 bits per heavy atom. The highest BCUT2D eigenvalue weighted by Gasteiger charge is 2.26. The molecule has 0 aliphatic carbocycles. The van der Waals surface area contributed by atoms with Gasteiger partial charge >= 0.3 is 0 Å². The number of anilines is 2. The number of carbonyl (C=O) groups excluding carboxylic acids is 2. The Morgan fingerprint density at radius 1 is 1.15 bits per heavy atom. The Labute approximate surface area is 164 Å². The third-order valence-electron chi connectivity index (χ3n) is 4.24. The predicted octanol–water partition coefficient (Wildman–Crippen LogP) is 4.33. The number of benzene rings is 2. The first kappa shape index (κ1) is 19.3. The summed E-state index contributed by atoms with van der Waals surface area (Å²) in [6, 6.07) is 15.1. The van der Waals surface area contributed by atoms with Crippen LogP contribution in [0.2, 0.25) is 0 Å². The summed E-state index contributed by atoms with van der Waals surface area (Å²) in [5.74, 6) is 0.582. The second-order valence-electron chi connectivity index (χ2n) is 6.41. The van der Waals surface area contributed by atoms with Gasteiger partial charge in [-0.2, -0.15) is 0 Å². The summed E-state index contributed by atoms with van der Waals surface area (Å²) < 4.78 is 5.38. The molecule has 0 fully saturated rings. The summed E-state index contributed by atoms with van der Waals surface area (Å²) in [7, 11) is 0. The van der Waals surface area contributed by atoms with Crippen LogP contribution in [0.25, 0.3) is 0 Å². The number of amides is 2. The van der Waals surface area contributed by atoms with E-state index in [1.165, 1.54) is 0 Å². The molecule has 2 aromatic carbocycles. The lowest BCUT2D eigenvalue weighted by Crippen LogP contribution is -2.38. The van der Waals surface area contributed by atoms with Crippen molar-refractivity contribution in [1.29, 1.82) is 0 Å². The van der Waals surface area contributed by atoms with E-state index in [0.717, 1.165) is 16.3 Å². The summed E-state index contributed by atoms with van der Waals surface area (Å²) >= 11 is 1.78. The average molecular weight is 385 g/mol. The second-order valence-corrected chi connectivity index (χ2v) is 7.89. The lowest BCUT2D eigenvalue weighted by Gasteiger charge is -2.32. The molecule has 1 N–H and O–H groups in total. The molecule has 142 valence electrons. The molecule has 0 saturated carbocycles. The molecule has 0 bridgehead atoms. The number of para-hydroxylation sites is 1. The van der Waals surface area contributed by atoms with Gasteiger partial charge in [-0.15, -0.1) is 11.8 Å². The molecule has 2 amide bonds. The maximum atomic E-state index is 12.7. The first-order chi connectivity index (χ1) is 13.1. The Hall–Kier alpha value is -2.47. The van der Waals surface area contributed by atoms with E-state index in [1.54, 1.807) is 28.8 Å². The fourth-order valence-corrected chi connectivity index (χ4v) is 4.12. The van der Waals surface area contributed by atoms with Gasteiger partial charge in [0.15, 0.2) is 0 Å². The van der Waals surface area contributed by atoms with Crippen LogP contribution in [0.3, 0.4) is 0 Å². The number of carbonyl (C=O) groups is 2. The minimum Gasteiger partial charge on any atom is -0.494 e. The van der Waals surface area contributed by atoms with Gasteiger partial charge in [0.1, 0.15) is 5.75 Å². The molecule has 6 heteroatoms. The van der Waals surface area contributed by atoms with Crippen LogP contribution >= 0.6 is 11.8 Å². The molecule has 3 rings (SSSR count). The van der Waals surface area contributed by atoms with Crippen LogP contribution in [0.15, 0.2) is 53.4 Å². The van der Waals surface area contributed by atoms with Crippen molar-refractivity contribution in [2.45, 2.75) is 36.8 Å². The fourth-order valence-electron chi connectivity index (χ4n) is 3.01. The Balaban J connectivity index is 1.55. The molecule has 27 heavy (non-hydrogen) atoms. The van der Waals surface area contributed by atoms with Crippen LogP contribution in [0, 0.1) is 0 Å². The molecule has 0 unspecified atom stereocenters. The lowest BCUT2D eigenvalue weighted by molar-refractivity contribution is -0.122. The molecule has 0 radical (unpaired) electrons. The molecule has 1 atom stereocenters. The Kier molecular flexibility index (Phi) is 6.40. The smallest absolute Gasteiger partial charge is 0.227 e. The first-order valence-corrected chi connectivity index (χ1v) is 10.0. The minimum atomic E-state index is -0.166. The molecule has 2 aromatic rings. The van der Waals surface area contributed by atoms with E-state index in [-0.39, 0.29) is 24.7 Å². The molecule has 1 aliphatic heterocycles. The van der Waals surface area contributed by atoms with E-state index in [4.69, 9.17) is 4.74 Å². The molecule has 1 heterocycles. The fraction of sp³-hybridized carbons (Fsp3) is 0.333. The zero-order chi connectivity index (χ0) is 19.2. The van der Waals surface area contributed by atoms with Crippen molar-refractivity contribution in [1.82, 2.24) is 0 Å². The highest BCUT2D eigenvalue weighted by Crippen LogP contribution is 2.38. The van der Waals surface area contributed by atoms with E-state index in [2.05, 4.69) is 12.2 Å². The van der Waals surface area contributed by atoms with E-state index in [9.17, 15) is 9.59 Å². The molecular formula is C21H24N2O3S. The highest BCUT2D eigenvalue weighted by molar-refractivity contribution is 8.00. The van der Waals surface area contributed by atoms with Crippen molar-refractivity contribution in [3.05, 3.63) is 48.5 Å². The molecule has 5 nitrogen and oxygen atoms in total. The standard InChI is InChI=1S/C21H24N2O3S/c1-3-26-17-10-8-16(9-11-17)22-20(24)12-13-21(25)23-14-15(2)27-19-7-5-4-6-18(19)23/h4-11,15H,3,12-14H2,1-2H3,(H,22,24)/t15-/m1/s1. The molecule has 0 saturated heterocycles. The number of fused-ring (bicyclic) bond motifs is 1. The SMILES string of the molecule is CCOc1ccc(NC(=O)CCC(=O)N2C[C@@H](C)Sc3ccccc32)cc1. The van der Waals surface area contributed by atoms with Gasteiger partial charge in [-0.1, -0.05) is 19.1 Å². The number of nitrogens with zero attached hydrogens (tertiary/aromatic N) is 1. The van der Waals surface area contributed by atoms with Crippen LogP contribution < -0.4 is 15.0 Å². The van der Waals surface area contributed by atoms with Crippen LogP contribution in [-0.2, 0) is 9.59 Å². The molecular weight excluding hydrogens is 360 g/mol. The number of rotatable bonds is 6. The number of nitrogens with one attached hydrogen (secondary N) is 1. The van der Waals surface area contributed by atoms with Gasteiger partial charge in [0.05, 0.1) is 12.3 Å². The summed E-state index contributed by atoms with van der Waals surface area (Å²) in [6.45, 7) is 5.30. The van der Waals surface area contributed by atoms with Crippen molar-refractivity contribution >= 4 is 35.0 Å². The predicted molar refractivity (Wildman–Crippen MR) is 110 cm³/mol. The quantitative estimate of drug-likeness (QED) is 0.805. The summed E-state index contributed by atoms with van der Waals surface area (Å²) in [4.78, 5) is 27.8. The number of hydrogen-bond acceptors (Lipinski definition) is 4. The van der Waals surface area contributed by atoms with Crippen LogP contribution in [-0.4, -0.2) is 30.2 Å². The monoisotopic (exact) mass is 384 g/mol. The van der Waals surface area contributed by atoms with E-state index < -0.39 is 0 Å². The lowest BCUT2D eigenvalue weighted by atomic mass is 10.2. The van der Waals surface area contributed by atoms with Gasteiger partial charge in [-0.25, -0.2) is 0 Å². The second kappa shape index (κ2) is 8.95. The normalized spacial score (nSPS) is 15.8. The van der Waals surface area contributed by atoms with Crippen LogP contribution in [0.4, 0.5) is 11.4 Å². The van der Waals surface area contributed by atoms with Gasteiger partial charge in [-0.05, 0) is 43.3 Å². The van der Waals surface area contributed by atoms with Crippen LogP contribution in [0.5, 0.6) is 5.75 Å². The maximum Gasteiger partial charge on any atom is 0.227 e. The van der Waals surface area contributed by atoms with Crippen molar-refractivity contribution in [2.75, 3.05) is 23.4 Å². The molecule has 0 spiro atoms. The summed E-state index contributed by atoms with van der Waals surface area (Å²) in [6.07, 6.45) is 0.348. The van der Waals surface area contributed by atoms with Crippen molar-refractivity contribution in [3.63, 3.8) is 0 Å². The van der Waals surface area contributed by atoms with Crippen LogP contribution in [0.1, 0.15) is 26.7 Å². The zero-order valence-corrected chi connectivity index (χ0v) is 16.4. The number of hydrogen-bond donors (Lipinski definition) is 1. The third-order valence-corrected chi connectivity index (χ3v) is 5.39. The van der Waals surface area contributed by atoms with Gasteiger partial charge in [-0.3, -0.25) is 9.59 Å². The zero-order valence-electron chi connectivity index (χ0n) is 15.6. The molecule has 0 aromatic heterocycles. The number of ether oxygens (including phenoxy) is 1. The van der Waals surface area contributed by atoms with Gasteiger partial charge in [0.2, 0.25) is 11.8 Å². The van der Waals surface area contributed by atoms with Gasteiger partial charge < -0.3 is 15.0 Å². The Morgan fingerprint density at radius 3 is 2.63 bits per heavy atom. The van der Waals surface area contributed by atoms with Gasteiger partial charge in [0, 0.05) is 35.2 Å². The maximum absolute atomic E-state index is 12.7. The van der Waals surface area contributed by atoms with E-state index >= 15 is 0 Å². The highest BCUT2D eigenvalue weighted by atomic mass is 32.2. The largest absolute Gasteiger partial charge is 0.494 e. The van der Waals surface area contributed by atoms with E-state index in [1.807, 2.05) is 43.3 Å². The summed E-state index contributed by atoms with van der Waals surface area (Å²) in [5.41, 5.74) is 1.64. The number of thioether (sulfide) groups is 1. The molecule has 1 aliphatic rings. The van der Waals surface area contributed by atoms with Gasteiger partial charge in [0.25, 0.3) is 0 Å². The van der Waals surface area contributed by atoms with Crippen molar-refractivity contribution in [2.24, 2.45) is 0 Å². The first-order valence-electron chi connectivity index (χ1n) is 9.15. The average Bonchev–Trinajstić information content (AvgIpc) is 2.67.